The van der Waals surface area contributed by atoms with Crippen LogP contribution < -0.4 is 5.56 Å². The van der Waals surface area contributed by atoms with E-state index in [9.17, 15) is 4.79 Å². The average molecular weight is 456 g/mol. The number of allylic oxidation sites excluding steroid dienone is 3. The Kier molecular flexibility index (Phi) is 5.76. The van der Waals surface area contributed by atoms with Crippen molar-refractivity contribution in [3.63, 3.8) is 0 Å². The standard InChI is InChI=1S/C22H22BrN3O3/c1-24-19(21(23)22(27)26(24)18-10-6-3-7-11-18)15-25(20-16-28-12-13-29-20)14-17-8-4-2-5-9-17/h2-4,6-8,10-13,16H,5,9,14-15H2,1H3. The fourth-order valence-electron chi connectivity index (χ4n) is 3.47. The molecule has 0 fully saturated rings. The van der Waals surface area contributed by atoms with Crippen LogP contribution >= 0.6 is 15.9 Å². The molecule has 1 aromatic carbocycles. The lowest BCUT2D eigenvalue weighted by atomic mass is 10.0. The van der Waals surface area contributed by atoms with Gasteiger partial charge in [0.1, 0.15) is 17.0 Å². The zero-order chi connectivity index (χ0) is 20.2. The van der Waals surface area contributed by atoms with Gasteiger partial charge < -0.3 is 14.4 Å². The molecule has 0 radical (unpaired) electrons. The maximum absolute atomic E-state index is 12.9. The lowest BCUT2D eigenvalue weighted by molar-refractivity contribution is 0.142. The van der Waals surface area contributed by atoms with Crippen molar-refractivity contribution in [2.45, 2.75) is 19.4 Å². The number of para-hydroxylation sites is 1. The van der Waals surface area contributed by atoms with Gasteiger partial charge in [-0.1, -0.05) is 42.0 Å². The Labute approximate surface area is 177 Å². The van der Waals surface area contributed by atoms with Crippen LogP contribution in [0.5, 0.6) is 0 Å². The summed E-state index contributed by atoms with van der Waals surface area (Å²) >= 11 is 3.51. The predicted octanol–water partition coefficient (Wildman–Crippen LogP) is 4.33. The molecule has 0 bridgehead atoms. The molecule has 0 N–H and O–H groups in total. The number of hydrogen-bond acceptors (Lipinski definition) is 4. The van der Waals surface area contributed by atoms with E-state index in [0.717, 1.165) is 24.2 Å². The van der Waals surface area contributed by atoms with Crippen LogP contribution in [0.2, 0.25) is 0 Å². The summed E-state index contributed by atoms with van der Waals surface area (Å²) in [7, 11) is 1.89. The molecule has 1 aromatic heterocycles. The molecule has 0 amide bonds. The number of aromatic nitrogens is 2. The molecule has 4 rings (SSSR count). The van der Waals surface area contributed by atoms with Crippen LogP contribution in [-0.2, 0) is 23.1 Å². The molecule has 150 valence electrons. The third kappa shape index (κ3) is 4.10. The van der Waals surface area contributed by atoms with Gasteiger partial charge in [-0.25, -0.2) is 4.68 Å². The Morgan fingerprint density at radius 1 is 1.17 bits per heavy atom. The minimum Gasteiger partial charge on any atom is -0.464 e. The fourth-order valence-corrected chi connectivity index (χ4v) is 4.02. The zero-order valence-corrected chi connectivity index (χ0v) is 17.7. The SMILES string of the molecule is Cn1c(CN(CC2=CC=CCC2)C2=COC=CO2)c(Br)c(=O)n1-c1ccccc1. The van der Waals surface area contributed by atoms with Crippen LogP contribution in [0, 0.1) is 0 Å². The first kappa shape index (κ1) is 19.4. The second kappa shape index (κ2) is 8.61. The van der Waals surface area contributed by atoms with E-state index in [1.165, 1.54) is 18.1 Å². The van der Waals surface area contributed by atoms with Crippen LogP contribution in [0.15, 0.2) is 88.1 Å². The van der Waals surface area contributed by atoms with Crippen LogP contribution in [0.1, 0.15) is 18.5 Å². The van der Waals surface area contributed by atoms with E-state index in [4.69, 9.17) is 9.47 Å². The van der Waals surface area contributed by atoms with Gasteiger partial charge in [0.15, 0.2) is 6.26 Å². The van der Waals surface area contributed by atoms with Gasteiger partial charge in [-0.2, -0.15) is 0 Å². The van der Waals surface area contributed by atoms with E-state index in [1.54, 1.807) is 10.9 Å². The summed E-state index contributed by atoms with van der Waals surface area (Å²) in [5.74, 6) is 0.606. The molecule has 0 saturated carbocycles. The molecule has 2 aromatic rings. The Hall–Kier alpha value is -2.93. The third-order valence-corrected chi connectivity index (χ3v) is 5.76. The largest absolute Gasteiger partial charge is 0.464 e. The van der Waals surface area contributed by atoms with E-state index in [0.29, 0.717) is 23.4 Å². The molecule has 0 unspecified atom stereocenters. The first-order valence-corrected chi connectivity index (χ1v) is 10.2. The molecular weight excluding hydrogens is 434 g/mol. The highest BCUT2D eigenvalue weighted by Crippen LogP contribution is 2.24. The molecule has 2 aliphatic rings. The summed E-state index contributed by atoms with van der Waals surface area (Å²) in [6.45, 7) is 1.17. The van der Waals surface area contributed by atoms with Gasteiger partial charge >= 0.3 is 0 Å². The molecule has 0 spiro atoms. The summed E-state index contributed by atoms with van der Waals surface area (Å²) in [4.78, 5) is 15.0. The Balaban J connectivity index is 1.68. The minimum atomic E-state index is -0.0943. The summed E-state index contributed by atoms with van der Waals surface area (Å²) < 4.78 is 15.1. The zero-order valence-electron chi connectivity index (χ0n) is 16.1. The first-order valence-electron chi connectivity index (χ1n) is 9.44. The first-order chi connectivity index (χ1) is 14.1. The average Bonchev–Trinajstić information content (AvgIpc) is 2.98. The number of ether oxygens (including phenoxy) is 2. The maximum atomic E-state index is 12.9. The van der Waals surface area contributed by atoms with Gasteiger partial charge in [-0.15, -0.1) is 0 Å². The van der Waals surface area contributed by atoms with Crippen LogP contribution in [0.25, 0.3) is 5.69 Å². The van der Waals surface area contributed by atoms with Crippen molar-refractivity contribution in [1.29, 1.82) is 0 Å². The summed E-state index contributed by atoms with van der Waals surface area (Å²) in [5, 5.41) is 0. The number of hydrogen-bond donors (Lipinski definition) is 0. The topological polar surface area (TPSA) is 48.6 Å². The molecule has 0 saturated heterocycles. The van der Waals surface area contributed by atoms with E-state index in [2.05, 4.69) is 39.1 Å². The summed E-state index contributed by atoms with van der Waals surface area (Å²) in [5.41, 5.74) is 2.88. The van der Waals surface area contributed by atoms with Crippen molar-refractivity contribution in [2.75, 3.05) is 6.54 Å². The molecule has 29 heavy (non-hydrogen) atoms. The fraction of sp³-hybridized carbons (Fsp3) is 0.227. The number of rotatable bonds is 6. The van der Waals surface area contributed by atoms with Crippen LogP contribution in [-0.4, -0.2) is 20.8 Å². The summed E-state index contributed by atoms with van der Waals surface area (Å²) in [6, 6.07) is 9.60. The molecule has 1 aliphatic carbocycles. The van der Waals surface area contributed by atoms with Gasteiger partial charge in [0.05, 0.1) is 17.9 Å². The molecular formula is C22H22BrN3O3. The molecule has 7 heteroatoms. The highest BCUT2D eigenvalue weighted by atomic mass is 79.9. The van der Waals surface area contributed by atoms with Crippen molar-refractivity contribution in [3.8, 4) is 5.69 Å². The maximum Gasteiger partial charge on any atom is 0.286 e. The highest BCUT2D eigenvalue weighted by molar-refractivity contribution is 9.10. The summed E-state index contributed by atoms with van der Waals surface area (Å²) in [6.07, 6.45) is 13.0. The lowest BCUT2D eigenvalue weighted by Gasteiger charge is -2.28. The van der Waals surface area contributed by atoms with Gasteiger partial charge in [-0.3, -0.25) is 9.48 Å². The van der Waals surface area contributed by atoms with E-state index in [1.807, 2.05) is 42.1 Å². The smallest absolute Gasteiger partial charge is 0.286 e. The van der Waals surface area contributed by atoms with Crippen molar-refractivity contribution >= 4 is 15.9 Å². The molecule has 6 nitrogen and oxygen atoms in total. The van der Waals surface area contributed by atoms with E-state index < -0.39 is 0 Å². The van der Waals surface area contributed by atoms with Gasteiger partial charge in [0.25, 0.3) is 5.56 Å². The highest BCUT2D eigenvalue weighted by Gasteiger charge is 2.23. The van der Waals surface area contributed by atoms with Gasteiger partial charge in [-0.05, 0) is 40.9 Å². The number of nitrogens with zero attached hydrogens (tertiary/aromatic N) is 3. The number of halogens is 1. The Morgan fingerprint density at radius 2 is 2.00 bits per heavy atom. The van der Waals surface area contributed by atoms with Gasteiger partial charge in [0, 0.05) is 13.6 Å². The third-order valence-electron chi connectivity index (χ3n) is 4.96. The quantitative estimate of drug-likeness (QED) is 0.649. The second-order valence-corrected chi connectivity index (χ2v) is 7.66. The van der Waals surface area contributed by atoms with Crippen molar-refractivity contribution in [2.24, 2.45) is 7.05 Å². The van der Waals surface area contributed by atoms with Crippen LogP contribution in [0.4, 0.5) is 0 Å². The van der Waals surface area contributed by atoms with Crippen molar-refractivity contribution in [1.82, 2.24) is 14.3 Å². The monoisotopic (exact) mass is 455 g/mol. The van der Waals surface area contributed by atoms with Gasteiger partial charge in [0.2, 0.25) is 5.88 Å². The van der Waals surface area contributed by atoms with Crippen molar-refractivity contribution in [3.05, 3.63) is 99.3 Å². The van der Waals surface area contributed by atoms with Crippen LogP contribution in [0.3, 0.4) is 0 Å². The van der Waals surface area contributed by atoms with E-state index >= 15 is 0 Å². The van der Waals surface area contributed by atoms with E-state index in [-0.39, 0.29) is 5.56 Å². The molecule has 1 aliphatic heterocycles. The minimum absolute atomic E-state index is 0.0943. The second-order valence-electron chi connectivity index (χ2n) is 6.87. The van der Waals surface area contributed by atoms with Crippen molar-refractivity contribution < 1.29 is 9.47 Å². The lowest BCUT2D eigenvalue weighted by Crippen LogP contribution is -2.28. The normalized spacial score (nSPS) is 15.4. The molecule has 2 heterocycles. The predicted molar refractivity (Wildman–Crippen MR) is 115 cm³/mol. The molecule has 0 atom stereocenters. The number of benzene rings is 1. The Morgan fingerprint density at radius 3 is 2.69 bits per heavy atom. The Bertz CT molecular complexity index is 1060.